The van der Waals surface area contributed by atoms with E-state index in [1.807, 2.05) is 44.2 Å². The Morgan fingerprint density at radius 2 is 1.76 bits per heavy atom. The molecule has 1 N–H and O–H groups in total. The quantitative estimate of drug-likeness (QED) is 0.520. The summed E-state index contributed by atoms with van der Waals surface area (Å²) >= 11 is 0. The number of fused-ring (bicyclic) bond motifs is 1. The van der Waals surface area contributed by atoms with Crippen LogP contribution in [0, 0.1) is 0 Å². The van der Waals surface area contributed by atoms with E-state index in [0.29, 0.717) is 24.5 Å². The van der Waals surface area contributed by atoms with Gasteiger partial charge in [0.15, 0.2) is 11.5 Å². The second-order valence-corrected chi connectivity index (χ2v) is 9.94. The van der Waals surface area contributed by atoms with Gasteiger partial charge in [0.2, 0.25) is 28.6 Å². The van der Waals surface area contributed by atoms with Gasteiger partial charge < -0.3 is 19.7 Å². The van der Waals surface area contributed by atoms with Gasteiger partial charge >= 0.3 is 0 Å². The van der Waals surface area contributed by atoms with E-state index in [2.05, 4.69) is 5.32 Å². The maximum atomic E-state index is 13.6. The van der Waals surface area contributed by atoms with Crippen LogP contribution in [0.25, 0.3) is 0 Å². The first-order chi connectivity index (χ1) is 16.2. The highest BCUT2D eigenvalue weighted by molar-refractivity contribution is 7.92. The Kier molecular flexibility index (Phi) is 8.38. The number of nitrogens with zero attached hydrogens (tertiary/aromatic N) is 2. The molecule has 2 aromatic rings. The van der Waals surface area contributed by atoms with Gasteiger partial charge in [-0.15, -0.1) is 0 Å². The lowest BCUT2D eigenvalue weighted by Gasteiger charge is -2.32. The Morgan fingerprint density at radius 1 is 1.06 bits per heavy atom. The van der Waals surface area contributed by atoms with Crippen molar-refractivity contribution in [3.05, 3.63) is 54.1 Å². The van der Waals surface area contributed by atoms with Gasteiger partial charge in [0.1, 0.15) is 12.6 Å². The number of benzene rings is 2. The summed E-state index contributed by atoms with van der Waals surface area (Å²) in [7, 11) is -3.81. The molecule has 0 saturated heterocycles. The molecule has 0 spiro atoms. The van der Waals surface area contributed by atoms with Crippen molar-refractivity contribution >= 4 is 27.5 Å². The number of nitrogens with one attached hydrogen (secondary N) is 1. The molecule has 0 aliphatic carbocycles. The van der Waals surface area contributed by atoms with E-state index in [0.717, 1.165) is 22.5 Å². The molecule has 1 atom stereocenters. The van der Waals surface area contributed by atoms with Crippen LogP contribution in [0.3, 0.4) is 0 Å². The summed E-state index contributed by atoms with van der Waals surface area (Å²) < 4.78 is 37.0. The molecule has 2 amide bonds. The molecular formula is C24H31N3O6S. The van der Waals surface area contributed by atoms with Crippen molar-refractivity contribution in [2.45, 2.75) is 39.3 Å². The zero-order valence-electron chi connectivity index (χ0n) is 19.7. The van der Waals surface area contributed by atoms with E-state index >= 15 is 0 Å². The molecule has 0 unspecified atom stereocenters. The summed E-state index contributed by atoms with van der Waals surface area (Å²) in [4.78, 5) is 27.9. The van der Waals surface area contributed by atoms with Crippen LogP contribution in [0.1, 0.15) is 32.3 Å². The number of carbonyl (C=O) groups excluding carboxylic acids is 2. The topological polar surface area (TPSA) is 105 Å². The second-order valence-electron chi connectivity index (χ2n) is 8.03. The average Bonchev–Trinajstić information content (AvgIpc) is 3.28. The van der Waals surface area contributed by atoms with Crippen LogP contribution in [-0.2, 0) is 26.2 Å². The minimum atomic E-state index is -3.81. The summed E-state index contributed by atoms with van der Waals surface area (Å²) in [5.74, 6) is 0.172. The van der Waals surface area contributed by atoms with Crippen molar-refractivity contribution in [2.75, 3.05) is 30.4 Å². The molecular weight excluding hydrogens is 458 g/mol. The number of ether oxygens (including phenoxy) is 2. The minimum absolute atomic E-state index is 0.0481. The summed E-state index contributed by atoms with van der Waals surface area (Å²) in [6, 6.07) is 13.3. The first-order valence-electron chi connectivity index (χ1n) is 11.2. The lowest BCUT2D eigenvalue weighted by Crippen LogP contribution is -2.52. The molecule has 3 rings (SSSR count). The molecule has 34 heavy (non-hydrogen) atoms. The molecule has 184 valence electrons. The molecule has 2 aromatic carbocycles. The van der Waals surface area contributed by atoms with E-state index in [4.69, 9.17) is 9.47 Å². The lowest BCUT2D eigenvalue weighted by molar-refractivity contribution is -0.140. The summed E-state index contributed by atoms with van der Waals surface area (Å²) in [5.41, 5.74) is 1.12. The van der Waals surface area contributed by atoms with Crippen molar-refractivity contribution in [1.29, 1.82) is 0 Å². The Morgan fingerprint density at radius 3 is 2.41 bits per heavy atom. The first-order valence-corrected chi connectivity index (χ1v) is 13.1. The van der Waals surface area contributed by atoms with Crippen molar-refractivity contribution in [1.82, 2.24) is 10.2 Å². The number of sulfonamides is 1. The van der Waals surface area contributed by atoms with E-state index in [1.165, 1.54) is 11.0 Å². The minimum Gasteiger partial charge on any atom is -0.454 e. The number of rotatable bonds is 11. The summed E-state index contributed by atoms with van der Waals surface area (Å²) in [6.07, 6.45) is 2.19. The van der Waals surface area contributed by atoms with Gasteiger partial charge in [-0.05, 0) is 30.5 Å². The monoisotopic (exact) mass is 489 g/mol. The summed E-state index contributed by atoms with van der Waals surface area (Å²) in [6.45, 7) is 4.04. The number of carbonyl (C=O) groups is 2. The van der Waals surface area contributed by atoms with Crippen LogP contribution >= 0.6 is 0 Å². The number of anilines is 1. The normalized spacial score (nSPS) is 13.3. The average molecular weight is 490 g/mol. The Hall–Kier alpha value is -3.27. The smallest absolute Gasteiger partial charge is 0.244 e. The number of hydrogen-bond acceptors (Lipinski definition) is 6. The predicted octanol–water partition coefficient (Wildman–Crippen LogP) is 2.51. The van der Waals surface area contributed by atoms with Gasteiger partial charge in [-0.3, -0.25) is 13.9 Å². The molecule has 1 aliphatic heterocycles. The highest BCUT2D eigenvalue weighted by Crippen LogP contribution is 2.36. The fourth-order valence-corrected chi connectivity index (χ4v) is 4.56. The SMILES string of the molecule is CCCNC(=O)[C@H](CC)N(Cc1ccccc1)C(=O)CN(c1ccc2c(c1)OCO2)S(C)(=O)=O. The van der Waals surface area contributed by atoms with Crippen LogP contribution in [-0.4, -0.2) is 57.3 Å². The van der Waals surface area contributed by atoms with E-state index in [9.17, 15) is 18.0 Å². The zero-order valence-corrected chi connectivity index (χ0v) is 20.5. The maximum absolute atomic E-state index is 13.6. The predicted molar refractivity (Wildman–Crippen MR) is 129 cm³/mol. The standard InChI is InChI=1S/C24H31N3O6S/c1-4-13-25-24(29)20(5-2)26(15-18-9-7-6-8-10-18)23(28)16-27(34(3,30)31)19-11-12-21-22(14-19)33-17-32-21/h6-12,14,20H,4-5,13,15-17H2,1-3H3,(H,25,29)/t20-/m0/s1. The van der Waals surface area contributed by atoms with E-state index < -0.39 is 28.5 Å². The zero-order chi connectivity index (χ0) is 24.7. The fraction of sp³-hybridized carbons (Fsp3) is 0.417. The fourth-order valence-electron chi connectivity index (χ4n) is 3.72. The molecule has 9 nitrogen and oxygen atoms in total. The van der Waals surface area contributed by atoms with Crippen LogP contribution in [0.5, 0.6) is 11.5 Å². The van der Waals surface area contributed by atoms with Gasteiger partial charge in [0.25, 0.3) is 0 Å². The third-order valence-corrected chi connectivity index (χ3v) is 6.59. The highest BCUT2D eigenvalue weighted by Gasteiger charge is 2.32. The molecule has 0 radical (unpaired) electrons. The van der Waals surface area contributed by atoms with Gasteiger partial charge in [0.05, 0.1) is 11.9 Å². The third kappa shape index (κ3) is 6.19. The van der Waals surface area contributed by atoms with Gasteiger partial charge in [0, 0.05) is 19.2 Å². The Balaban J connectivity index is 1.92. The molecule has 0 saturated carbocycles. The number of amides is 2. The van der Waals surface area contributed by atoms with Crippen molar-refractivity contribution < 1.29 is 27.5 Å². The van der Waals surface area contributed by atoms with Crippen molar-refractivity contribution in [3.63, 3.8) is 0 Å². The van der Waals surface area contributed by atoms with Crippen molar-refractivity contribution in [3.8, 4) is 11.5 Å². The van der Waals surface area contributed by atoms with Crippen LogP contribution < -0.4 is 19.1 Å². The molecule has 0 fully saturated rings. The molecule has 0 aromatic heterocycles. The molecule has 0 bridgehead atoms. The maximum Gasteiger partial charge on any atom is 0.244 e. The van der Waals surface area contributed by atoms with Gasteiger partial charge in [-0.1, -0.05) is 44.2 Å². The van der Waals surface area contributed by atoms with Crippen LogP contribution in [0.15, 0.2) is 48.5 Å². The second kappa shape index (κ2) is 11.2. The summed E-state index contributed by atoms with van der Waals surface area (Å²) in [5, 5.41) is 2.85. The van der Waals surface area contributed by atoms with E-state index in [1.54, 1.807) is 12.1 Å². The van der Waals surface area contributed by atoms with Crippen LogP contribution in [0.2, 0.25) is 0 Å². The van der Waals surface area contributed by atoms with Gasteiger partial charge in [-0.25, -0.2) is 8.42 Å². The highest BCUT2D eigenvalue weighted by atomic mass is 32.2. The third-order valence-electron chi connectivity index (χ3n) is 5.45. The molecule has 10 heteroatoms. The number of hydrogen-bond donors (Lipinski definition) is 1. The van der Waals surface area contributed by atoms with E-state index in [-0.39, 0.29) is 24.9 Å². The van der Waals surface area contributed by atoms with Gasteiger partial charge in [-0.2, -0.15) is 0 Å². The van der Waals surface area contributed by atoms with Crippen molar-refractivity contribution in [2.24, 2.45) is 0 Å². The first kappa shape index (κ1) is 25.4. The Labute approximate surface area is 200 Å². The largest absolute Gasteiger partial charge is 0.454 e. The lowest BCUT2D eigenvalue weighted by atomic mass is 10.1. The van der Waals surface area contributed by atoms with Crippen LogP contribution in [0.4, 0.5) is 5.69 Å². The Bertz CT molecular complexity index is 1110. The molecule has 1 aliphatic rings. The molecule has 1 heterocycles.